The summed E-state index contributed by atoms with van der Waals surface area (Å²) in [6.45, 7) is 1.21. The summed E-state index contributed by atoms with van der Waals surface area (Å²) in [7, 11) is 0. The van der Waals surface area contributed by atoms with Gasteiger partial charge in [-0.05, 0) is 6.92 Å². The van der Waals surface area contributed by atoms with Gasteiger partial charge in [0.15, 0.2) is 0 Å². The largest absolute Gasteiger partial charge is 0.394 e. The Labute approximate surface area is 70.2 Å². The van der Waals surface area contributed by atoms with E-state index in [4.69, 9.17) is 9.84 Å². The normalized spacial score (nSPS) is 49.2. The Hall–Kier alpha value is -0.200. The van der Waals surface area contributed by atoms with Crippen LogP contribution in [0.25, 0.3) is 0 Å². The molecular weight excluding hydrogens is 164 g/mol. The first kappa shape index (κ1) is 9.88. The zero-order valence-corrected chi connectivity index (χ0v) is 6.79. The topological polar surface area (TPSA) is 90.2 Å². The molecule has 0 radical (unpaired) electrons. The van der Waals surface area contributed by atoms with Gasteiger partial charge in [0.2, 0.25) is 0 Å². The second-order valence-corrected chi connectivity index (χ2v) is 3.03. The van der Waals surface area contributed by atoms with Gasteiger partial charge in [0, 0.05) is 0 Å². The van der Waals surface area contributed by atoms with Crippen LogP contribution in [0.2, 0.25) is 0 Å². The average Bonchev–Trinajstić information content (AvgIpc) is 2.08. The van der Waals surface area contributed by atoms with Crippen LogP contribution >= 0.6 is 0 Å². The van der Waals surface area contributed by atoms with E-state index < -0.39 is 30.5 Å². The Morgan fingerprint density at radius 1 is 1.08 bits per heavy atom. The molecular formula is C7H14O5. The van der Waals surface area contributed by atoms with Crippen molar-refractivity contribution in [2.45, 2.75) is 37.4 Å². The van der Waals surface area contributed by atoms with E-state index in [1.807, 2.05) is 0 Å². The van der Waals surface area contributed by atoms with E-state index >= 15 is 0 Å². The van der Waals surface area contributed by atoms with Gasteiger partial charge < -0.3 is 25.2 Å². The van der Waals surface area contributed by atoms with Crippen LogP contribution in [0.5, 0.6) is 0 Å². The third-order valence-corrected chi connectivity index (χ3v) is 2.13. The Kier molecular flexibility index (Phi) is 3.03. The quantitative estimate of drug-likeness (QED) is 0.367. The van der Waals surface area contributed by atoms with Crippen molar-refractivity contribution in [3.05, 3.63) is 0 Å². The zero-order chi connectivity index (χ0) is 9.30. The monoisotopic (exact) mass is 178 g/mol. The molecule has 0 aromatic carbocycles. The number of aliphatic hydroxyl groups is 4. The van der Waals surface area contributed by atoms with Gasteiger partial charge in [0.25, 0.3) is 0 Å². The maximum absolute atomic E-state index is 9.23. The standard InChI is InChI=1S/C7H14O5/c1-3-5(9)7(11)6(10)4(2-8)12-3/h3-11H,2H2,1H3/t3?,4-,5-,6?,7?/m0/s1. The molecule has 5 heteroatoms. The Balaban J connectivity index is 2.63. The summed E-state index contributed by atoms with van der Waals surface area (Å²) in [5.74, 6) is 0. The summed E-state index contributed by atoms with van der Waals surface area (Å²) in [4.78, 5) is 0. The molecule has 0 aromatic heterocycles. The number of ether oxygens (including phenoxy) is 1. The van der Waals surface area contributed by atoms with Crippen LogP contribution in [-0.2, 0) is 4.74 Å². The van der Waals surface area contributed by atoms with Crippen molar-refractivity contribution in [2.75, 3.05) is 6.61 Å². The fraction of sp³-hybridized carbons (Fsp3) is 1.00. The van der Waals surface area contributed by atoms with Crippen LogP contribution in [0, 0.1) is 0 Å². The van der Waals surface area contributed by atoms with Crippen LogP contribution < -0.4 is 0 Å². The summed E-state index contributed by atoms with van der Waals surface area (Å²) in [5.41, 5.74) is 0. The molecule has 3 unspecified atom stereocenters. The lowest BCUT2D eigenvalue weighted by atomic mass is 9.96. The number of hydrogen-bond acceptors (Lipinski definition) is 5. The summed E-state index contributed by atoms with van der Waals surface area (Å²) >= 11 is 0. The van der Waals surface area contributed by atoms with Gasteiger partial charge >= 0.3 is 0 Å². The molecule has 5 atom stereocenters. The molecule has 1 rings (SSSR count). The fourth-order valence-corrected chi connectivity index (χ4v) is 1.29. The molecule has 1 aliphatic heterocycles. The van der Waals surface area contributed by atoms with Crippen molar-refractivity contribution in [3.63, 3.8) is 0 Å². The predicted octanol–water partition coefficient (Wildman–Crippen LogP) is -2.15. The molecule has 0 spiro atoms. The zero-order valence-electron chi connectivity index (χ0n) is 6.79. The predicted molar refractivity (Wildman–Crippen MR) is 39.4 cm³/mol. The van der Waals surface area contributed by atoms with Crippen LogP contribution in [0.3, 0.4) is 0 Å². The van der Waals surface area contributed by atoms with E-state index in [0.29, 0.717) is 0 Å². The molecule has 0 amide bonds. The summed E-state index contributed by atoms with van der Waals surface area (Å²) in [6.07, 6.45) is -4.94. The highest BCUT2D eigenvalue weighted by Gasteiger charge is 2.41. The van der Waals surface area contributed by atoms with E-state index in [2.05, 4.69) is 0 Å². The average molecular weight is 178 g/mol. The molecule has 1 heterocycles. The molecule has 1 fully saturated rings. The highest BCUT2D eigenvalue weighted by Crippen LogP contribution is 2.20. The van der Waals surface area contributed by atoms with Gasteiger partial charge in [-0.15, -0.1) is 0 Å². The minimum Gasteiger partial charge on any atom is -0.394 e. The summed E-state index contributed by atoms with van der Waals surface area (Å²) in [5, 5.41) is 36.4. The van der Waals surface area contributed by atoms with Crippen LogP contribution in [0.1, 0.15) is 6.92 Å². The lowest BCUT2D eigenvalue weighted by Crippen LogP contribution is -2.57. The molecule has 72 valence electrons. The lowest BCUT2D eigenvalue weighted by molar-refractivity contribution is -0.224. The van der Waals surface area contributed by atoms with Crippen molar-refractivity contribution < 1.29 is 25.2 Å². The molecule has 0 aromatic rings. The third-order valence-electron chi connectivity index (χ3n) is 2.13. The Morgan fingerprint density at radius 2 is 1.67 bits per heavy atom. The molecule has 0 bridgehead atoms. The van der Waals surface area contributed by atoms with Crippen molar-refractivity contribution in [3.8, 4) is 0 Å². The summed E-state index contributed by atoms with van der Waals surface area (Å²) in [6, 6.07) is 0. The maximum Gasteiger partial charge on any atom is 0.111 e. The first-order chi connectivity index (χ1) is 5.57. The molecule has 0 aliphatic carbocycles. The fourth-order valence-electron chi connectivity index (χ4n) is 1.29. The lowest BCUT2D eigenvalue weighted by Gasteiger charge is -2.38. The first-order valence-corrected chi connectivity index (χ1v) is 3.88. The molecule has 4 N–H and O–H groups in total. The van der Waals surface area contributed by atoms with E-state index in [9.17, 15) is 15.3 Å². The number of rotatable bonds is 1. The second kappa shape index (κ2) is 3.68. The highest BCUT2D eigenvalue weighted by molar-refractivity contribution is 4.89. The molecule has 1 aliphatic rings. The van der Waals surface area contributed by atoms with Gasteiger partial charge in [0.1, 0.15) is 24.4 Å². The number of aliphatic hydroxyl groups excluding tert-OH is 4. The van der Waals surface area contributed by atoms with Gasteiger partial charge in [-0.1, -0.05) is 0 Å². The van der Waals surface area contributed by atoms with E-state index in [1.54, 1.807) is 6.92 Å². The number of hydrogen-bond donors (Lipinski definition) is 4. The van der Waals surface area contributed by atoms with E-state index in [1.165, 1.54) is 0 Å². The molecule has 1 saturated heterocycles. The first-order valence-electron chi connectivity index (χ1n) is 3.88. The summed E-state index contributed by atoms with van der Waals surface area (Å²) < 4.78 is 5.02. The highest BCUT2D eigenvalue weighted by atomic mass is 16.5. The van der Waals surface area contributed by atoms with Crippen molar-refractivity contribution in [2.24, 2.45) is 0 Å². The Morgan fingerprint density at radius 3 is 2.17 bits per heavy atom. The van der Waals surface area contributed by atoms with Gasteiger partial charge in [-0.25, -0.2) is 0 Å². The minimum atomic E-state index is -1.24. The van der Waals surface area contributed by atoms with Crippen molar-refractivity contribution in [1.29, 1.82) is 0 Å². The molecule has 12 heavy (non-hydrogen) atoms. The van der Waals surface area contributed by atoms with Crippen molar-refractivity contribution >= 4 is 0 Å². The van der Waals surface area contributed by atoms with Crippen LogP contribution in [-0.4, -0.2) is 57.6 Å². The van der Waals surface area contributed by atoms with Crippen LogP contribution in [0.4, 0.5) is 0 Å². The van der Waals surface area contributed by atoms with Gasteiger partial charge in [-0.3, -0.25) is 0 Å². The van der Waals surface area contributed by atoms with Gasteiger partial charge in [-0.2, -0.15) is 0 Å². The van der Waals surface area contributed by atoms with E-state index in [0.717, 1.165) is 0 Å². The van der Waals surface area contributed by atoms with Crippen molar-refractivity contribution in [1.82, 2.24) is 0 Å². The maximum atomic E-state index is 9.23. The van der Waals surface area contributed by atoms with E-state index in [-0.39, 0.29) is 6.61 Å². The second-order valence-electron chi connectivity index (χ2n) is 3.03. The molecule has 0 saturated carbocycles. The Bertz CT molecular complexity index is 146. The smallest absolute Gasteiger partial charge is 0.111 e. The minimum absolute atomic E-state index is 0.366. The SMILES string of the molecule is CC1O[C@@H](CO)C(O)C(O)[C@H]1O. The molecule has 5 nitrogen and oxygen atoms in total. The third kappa shape index (κ3) is 1.60. The van der Waals surface area contributed by atoms with Gasteiger partial charge in [0.05, 0.1) is 12.7 Å². The van der Waals surface area contributed by atoms with Crippen LogP contribution in [0.15, 0.2) is 0 Å².